The van der Waals surface area contributed by atoms with Gasteiger partial charge in [0.05, 0.1) is 5.56 Å². The summed E-state index contributed by atoms with van der Waals surface area (Å²) in [6, 6.07) is 2.22. The molecule has 6 aliphatic rings. The van der Waals surface area contributed by atoms with Crippen LogP contribution in [0.3, 0.4) is 0 Å². The summed E-state index contributed by atoms with van der Waals surface area (Å²) >= 11 is 0. The van der Waals surface area contributed by atoms with Crippen molar-refractivity contribution in [1.82, 2.24) is 4.90 Å². The standard InChI is InChI=1S/C25H30FNO4/c26-20-12-22(31-23-16-7-13-6-14(9-16)10-17(23)8-13)18(15-3-4-15)11-19(20)24(28)27-5-1-2-21(27)25(29)30/h11-17,21,23H,1-10H2,(H,29,30)/t13?,14?,16?,17?,21-,23?/m0/s1. The van der Waals surface area contributed by atoms with Crippen molar-refractivity contribution in [2.45, 2.75) is 75.9 Å². The number of hydrogen-bond acceptors (Lipinski definition) is 3. The Balaban J connectivity index is 1.29. The van der Waals surface area contributed by atoms with E-state index in [4.69, 9.17) is 4.74 Å². The highest BCUT2D eigenvalue weighted by Crippen LogP contribution is 2.55. The van der Waals surface area contributed by atoms with Gasteiger partial charge in [0, 0.05) is 12.6 Å². The van der Waals surface area contributed by atoms with E-state index in [1.54, 1.807) is 6.07 Å². The SMILES string of the molecule is O=C(O)[C@@H]1CCCN1C(=O)c1cc(C2CC2)c(OC2C3CC4CC(C3)CC2C4)cc1F. The number of nitrogens with zero attached hydrogens (tertiary/aromatic N) is 1. The average molecular weight is 428 g/mol. The highest BCUT2D eigenvalue weighted by atomic mass is 19.1. The van der Waals surface area contributed by atoms with Crippen molar-refractivity contribution in [3.8, 4) is 5.75 Å². The van der Waals surface area contributed by atoms with E-state index in [2.05, 4.69) is 0 Å². The summed E-state index contributed by atoms with van der Waals surface area (Å²) in [4.78, 5) is 25.9. The molecule has 6 heteroatoms. The Kier molecular flexibility index (Phi) is 4.55. The van der Waals surface area contributed by atoms with Gasteiger partial charge in [-0.25, -0.2) is 9.18 Å². The monoisotopic (exact) mass is 427 g/mol. The maximum Gasteiger partial charge on any atom is 0.326 e. The molecular weight excluding hydrogens is 397 g/mol. The molecule has 31 heavy (non-hydrogen) atoms. The van der Waals surface area contributed by atoms with Crippen LogP contribution in [0.5, 0.6) is 5.75 Å². The fourth-order valence-electron chi connectivity index (χ4n) is 7.19. The van der Waals surface area contributed by atoms with Crippen molar-refractivity contribution in [1.29, 1.82) is 0 Å². The quantitative estimate of drug-likeness (QED) is 0.746. The maximum atomic E-state index is 15.2. The molecule has 0 aromatic heterocycles. The van der Waals surface area contributed by atoms with Crippen molar-refractivity contribution in [3.05, 3.63) is 29.1 Å². The first-order chi connectivity index (χ1) is 15.0. The van der Waals surface area contributed by atoms with E-state index in [1.807, 2.05) is 0 Å². The molecule has 1 aromatic carbocycles. The second-order valence-electron chi connectivity index (χ2n) is 10.7. The average Bonchev–Trinajstić information content (AvgIpc) is 3.44. The Bertz CT molecular complexity index is 898. The molecule has 5 saturated carbocycles. The second-order valence-corrected chi connectivity index (χ2v) is 10.7. The first-order valence-electron chi connectivity index (χ1n) is 12.0. The predicted octanol–water partition coefficient (Wildman–Crippen LogP) is 4.60. The van der Waals surface area contributed by atoms with Crippen LogP contribution in [0.2, 0.25) is 0 Å². The number of carbonyl (C=O) groups is 2. The lowest BCUT2D eigenvalue weighted by Crippen LogP contribution is -2.50. The molecular formula is C25H30FNO4. The first-order valence-corrected chi connectivity index (χ1v) is 12.0. The lowest BCUT2D eigenvalue weighted by atomic mass is 9.55. The number of halogens is 1. The number of likely N-dealkylation sites (tertiary alicyclic amines) is 1. The summed E-state index contributed by atoms with van der Waals surface area (Å²) < 4.78 is 21.7. The number of hydrogen-bond donors (Lipinski definition) is 1. The summed E-state index contributed by atoms with van der Waals surface area (Å²) in [5.74, 6) is 1.67. The van der Waals surface area contributed by atoms with E-state index in [0.29, 0.717) is 42.9 Å². The largest absolute Gasteiger partial charge is 0.489 e. The van der Waals surface area contributed by atoms with Crippen LogP contribution in [0, 0.1) is 29.5 Å². The minimum atomic E-state index is -1.02. The first kappa shape index (κ1) is 19.6. The van der Waals surface area contributed by atoms with Gasteiger partial charge in [0.2, 0.25) is 0 Å². The van der Waals surface area contributed by atoms with Gasteiger partial charge >= 0.3 is 5.97 Å². The Labute approximate surface area is 181 Å². The van der Waals surface area contributed by atoms with Crippen molar-refractivity contribution in [3.63, 3.8) is 0 Å². The Morgan fingerprint density at radius 3 is 2.29 bits per heavy atom. The van der Waals surface area contributed by atoms with Crippen LogP contribution in [-0.2, 0) is 4.79 Å². The van der Waals surface area contributed by atoms with Gasteiger partial charge in [0.15, 0.2) is 0 Å². The smallest absolute Gasteiger partial charge is 0.326 e. The van der Waals surface area contributed by atoms with Gasteiger partial charge in [0.25, 0.3) is 5.91 Å². The molecule has 1 heterocycles. The molecule has 5 aliphatic carbocycles. The summed E-state index contributed by atoms with van der Waals surface area (Å²) in [6.07, 6.45) is 9.61. The summed E-state index contributed by atoms with van der Waals surface area (Å²) in [5.41, 5.74) is 0.928. The van der Waals surface area contributed by atoms with E-state index in [0.717, 1.165) is 30.2 Å². The molecule has 5 nitrogen and oxygen atoms in total. The van der Waals surface area contributed by atoms with E-state index in [9.17, 15) is 14.7 Å². The molecule has 166 valence electrons. The zero-order chi connectivity index (χ0) is 21.3. The van der Waals surface area contributed by atoms with Crippen LogP contribution in [-0.4, -0.2) is 40.6 Å². The lowest BCUT2D eigenvalue weighted by Gasteiger charge is -2.53. The van der Waals surface area contributed by atoms with E-state index in [-0.39, 0.29) is 11.7 Å². The van der Waals surface area contributed by atoms with Crippen LogP contribution in [0.4, 0.5) is 4.39 Å². The Morgan fingerprint density at radius 2 is 1.68 bits per heavy atom. The summed E-state index contributed by atoms with van der Waals surface area (Å²) in [5, 5.41) is 9.42. The van der Waals surface area contributed by atoms with E-state index < -0.39 is 23.7 Å². The number of carboxylic acid groups (broad SMARTS) is 1. The molecule has 1 aromatic rings. The third-order valence-corrected chi connectivity index (χ3v) is 8.55. The van der Waals surface area contributed by atoms with Gasteiger partial charge in [-0.3, -0.25) is 4.79 Å². The number of benzene rings is 1. The fraction of sp³-hybridized carbons (Fsp3) is 0.680. The Hall–Kier alpha value is -2.11. The van der Waals surface area contributed by atoms with Crippen molar-refractivity contribution >= 4 is 11.9 Å². The number of rotatable bonds is 5. The van der Waals surface area contributed by atoms with Crippen molar-refractivity contribution in [2.75, 3.05) is 6.54 Å². The highest BCUT2D eigenvalue weighted by Gasteiger charge is 2.50. The minimum absolute atomic E-state index is 0.00696. The highest BCUT2D eigenvalue weighted by molar-refractivity contribution is 5.97. The van der Waals surface area contributed by atoms with Gasteiger partial charge in [-0.15, -0.1) is 0 Å². The third kappa shape index (κ3) is 3.33. The van der Waals surface area contributed by atoms with Gasteiger partial charge in [-0.1, -0.05) is 0 Å². The van der Waals surface area contributed by atoms with Gasteiger partial charge in [0.1, 0.15) is 23.7 Å². The zero-order valence-electron chi connectivity index (χ0n) is 17.8. The fourth-order valence-corrected chi connectivity index (χ4v) is 7.19. The van der Waals surface area contributed by atoms with Gasteiger partial charge in [-0.05, 0) is 99.0 Å². The van der Waals surface area contributed by atoms with E-state index in [1.165, 1.54) is 43.1 Å². The predicted molar refractivity (Wildman–Crippen MR) is 112 cm³/mol. The topological polar surface area (TPSA) is 66.8 Å². The number of aliphatic carboxylic acids is 1. The summed E-state index contributed by atoms with van der Waals surface area (Å²) in [7, 11) is 0. The van der Waals surface area contributed by atoms with Gasteiger partial charge in [-0.2, -0.15) is 0 Å². The van der Waals surface area contributed by atoms with Crippen LogP contribution >= 0.6 is 0 Å². The Morgan fingerprint density at radius 1 is 1.00 bits per heavy atom. The molecule has 7 rings (SSSR count). The van der Waals surface area contributed by atoms with Gasteiger partial charge < -0.3 is 14.7 Å². The number of carboxylic acids is 1. The maximum absolute atomic E-state index is 15.2. The van der Waals surface area contributed by atoms with Crippen molar-refractivity contribution < 1.29 is 23.8 Å². The molecule has 0 radical (unpaired) electrons. The molecule has 6 fully saturated rings. The molecule has 1 saturated heterocycles. The van der Waals surface area contributed by atoms with E-state index >= 15 is 4.39 Å². The van der Waals surface area contributed by atoms with Crippen LogP contribution in [0.1, 0.15) is 79.6 Å². The molecule has 1 amide bonds. The second kappa shape index (κ2) is 7.21. The number of ether oxygens (including phenoxy) is 1. The molecule has 1 aliphatic heterocycles. The molecule has 0 spiro atoms. The zero-order valence-corrected chi connectivity index (χ0v) is 17.8. The van der Waals surface area contributed by atoms with Crippen LogP contribution in [0.15, 0.2) is 12.1 Å². The molecule has 1 N–H and O–H groups in total. The van der Waals surface area contributed by atoms with Crippen molar-refractivity contribution in [2.24, 2.45) is 23.7 Å². The minimum Gasteiger partial charge on any atom is -0.489 e. The normalized spacial score (nSPS) is 36.1. The number of carbonyl (C=O) groups excluding carboxylic acids is 1. The third-order valence-electron chi connectivity index (χ3n) is 8.55. The summed E-state index contributed by atoms with van der Waals surface area (Å²) in [6.45, 7) is 0.361. The van der Waals surface area contributed by atoms with Crippen LogP contribution < -0.4 is 4.74 Å². The van der Waals surface area contributed by atoms with Crippen LogP contribution in [0.25, 0.3) is 0 Å². The lowest BCUT2D eigenvalue weighted by molar-refractivity contribution is -0.141. The molecule has 4 bridgehead atoms. The number of amides is 1. The molecule has 1 atom stereocenters. The molecule has 0 unspecified atom stereocenters.